The fourth-order valence-electron chi connectivity index (χ4n) is 2.25. The van der Waals surface area contributed by atoms with Crippen LogP contribution >= 0.6 is 21.6 Å². The minimum absolute atomic E-state index is 0.310. The summed E-state index contributed by atoms with van der Waals surface area (Å²) in [6.07, 6.45) is 4.44. The standard InChI is InChI=1S/C17H21NO4S2/c19-15(18-17(21)13-6-2-1-3-7-13)12-22-16(20)9-5-4-8-14-10-11-23-24-14/h1-3,6-7,14H,4-5,8-12H2,(H,18,19,21)/t14-/m1/s1. The van der Waals surface area contributed by atoms with Crippen LogP contribution < -0.4 is 5.32 Å². The van der Waals surface area contributed by atoms with Gasteiger partial charge in [0.05, 0.1) is 0 Å². The van der Waals surface area contributed by atoms with Crippen LogP contribution in [0.25, 0.3) is 0 Å². The lowest BCUT2D eigenvalue weighted by atomic mass is 10.1. The highest BCUT2D eigenvalue weighted by molar-refractivity contribution is 8.77. The maximum Gasteiger partial charge on any atom is 0.306 e. The molecule has 1 aliphatic rings. The minimum Gasteiger partial charge on any atom is -0.456 e. The first-order valence-corrected chi connectivity index (χ1v) is 10.4. The van der Waals surface area contributed by atoms with E-state index in [0.29, 0.717) is 17.2 Å². The van der Waals surface area contributed by atoms with Crippen molar-refractivity contribution in [3.05, 3.63) is 35.9 Å². The van der Waals surface area contributed by atoms with E-state index in [1.165, 1.54) is 12.2 Å². The van der Waals surface area contributed by atoms with E-state index < -0.39 is 24.4 Å². The van der Waals surface area contributed by atoms with Gasteiger partial charge in [-0.1, -0.05) is 46.2 Å². The molecule has 24 heavy (non-hydrogen) atoms. The van der Waals surface area contributed by atoms with Gasteiger partial charge in [-0.3, -0.25) is 19.7 Å². The van der Waals surface area contributed by atoms with E-state index in [4.69, 9.17) is 4.74 Å². The van der Waals surface area contributed by atoms with Crippen molar-refractivity contribution >= 4 is 39.4 Å². The highest BCUT2D eigenvalue weighted by Gasteiger charge is 2.16. The zero-order valence-corrected chi connectivity index (χ0v) is 15.0. The van der Waals surface area contributed by atoms with Crippen molar-refractivity contribution in [2.24, 2.45) is 0 Å². The lowest BCUT2D eigenvalue weighted by Crippen LogP contribution is -2.34. The molecule has 2 rings (SSSR count). The Hall–Kier alpha value is -1.47. The number of benzene rings is 1. The number of carbonyl (C=O) groups is 3. The first-order valence-electron chi connectivity index (χ1n) is 7.98. The molecule has 1 atom stereocenters. The van der Waals surface area contributed by atoms with E-state index in [-0.39, 0.29) is 0 Å². The molecule has 0 saturated carbocycles. The smallest absolute Gasteiger partial charge is 0.306 e. The SMILES string of the molecule is O=C(COC(=O)CCCC[C@@H]1CCSS1)NC(=O)c1ccccc1. The Labute approximate surface area is 149 Å². The molecule has 130 valence electrons. The molecular weight excluding hydrogens is 346 g/mol. The van der Waals surface area contributed by atoms with Crippen LogP contribution in [0, 0.1) is 0 Å². The number of nitrogens with one attached hydrogen (secondary N) is 1. The van der Waals surface area contributed by atoms with E-state index >= 15 is 0 Å². The summed E-state index contributed by atoms with van der Waals surface area (Å²) in [5.74, 6) is -0.292. The average molecular weight is 367 g/mol. The van der Waals surface area contributed by atoms with E-state index in [1.807, 2.05) is 21.6 Å². The number of unbranched alkanes of at least 4 members (excludes halogenated alkanes) is 1. The van der Waals surface area contributed by atoms with Gasteiger partial charge in [-0.2, -0.15) is 0 Å². The molecule has 5 nitrogen and oxygen atoms in total. The molecule has 1 N–H and O–H groups in total. The molecule has 1 aromatic carbocycles. The van der Waals surface area contributed by atoms with Crippen molar-refractivity contribution in [3.63, 3.8) is 0 Å². The Kier molecular flexibility index (Phi) is 8.18. The molecule has 0 aliphatic carbocycles. The molecule has 0 bridgehead atoms. The molecule has 0 aromatic heterocycles. The molecule has 1 aliphatic heterocycles. The van der Waals surface area contributed by atoms with Gasteiger partial charge in [0.2, 0.25) is 0 Å². The van der Waals surface area contributed by atoms with Crippen LogP contribution in [0.3, 0.4) is 0 Å². The molecule has 0 spiro atoms. The highest BCUT2D eigenvalue weighted by Crippen LogP contribution is 2.39. The summed E-state index contributed by atoms with van der Waals surface area (Å²) in [5.41, 5.74) is 0.389. The second kappa shape index (κ2) is 10.4. The number of carbonyl (C=O) groups excluding carboxylic acids is 3. The number of hydrogen-bond acceptors (Lipinski definition) is 6. The number of esters is 1. The summed E-state index contributed by atoms with van der Waals surface area (Å²) < 4.78 is 4.90. The summed E-state index contributed by atoms with van der Waals surface area (Å²) >= 11 is 0. The maximum absolute atomic E-state index is 11.8. The van der Waals surface area contributed by atoms with E-state index in [9.17, 15) is 14.4 Å². The maximum atomic E-state index is 11.8. The first kappa shape index (κ1) is 18.9. The van der Waals surface area contributed by atoms with Crippen LogP contribution in [0.2, 0.25) is 0 Å². The van der Waals surface area contributed by atoms with Crippen molar-refractivity contribution in [1.29, 1.82) is 0 Å². The molecule has 2 amide bonds. The molecule has 0 unspecified atom stereocenters. The van der Waals surface area contributed by atoms with Crippen LogP contribution in [0.4, 0.5) is 0 Å². The van der Waals surface area contributed by atoms with Crippen LogP contribution in [0.15, 0.2) is 30.3 Å². The number of imide groups is 1. The van der Waals surface area contributed by atoms with Crippen molar-refractivity contribution in [1.82, 2.24) is 5.32 Å². The van der Waals surface area contributed by atoms with Crippen LogP contribution in [-0.4, -0.2) is 35.4 Å². The molecule has 1 fully saturated rings. The molecule has 1 saturated heterocycles. The van der Waals surface area contributed by atoms with Crippen LogP contribution in [0.1, 0.15) is 42.5 Å². The summed E-state index contributed by atoms with van der Waals surface area (Å²) in [5, 5.41) is 2.90. The van der Waals surface area contributed by atoms with Gasteiger partial charge in [0.1, 0.15) is 0 Å². The molecule has 0 radical (unpaired) electrons. The third-order valence-corrected chi connectivity index (χ3v) is 6.54. The van der Waals surface area contributed by atoms with Gasteiger partial charge in [-0.15, -0.1) is 0 Å². The predicted octanol–water partition coefficient (Wildman–Crippen LogP) is 3.20. The topological polar surface area (TPSA) is 72.5 Å². The Balaban J connectivity index is 1.55. The van der Waals surface area contributed by atoms with Crippen molar-refractivity contribution in [2.45, 2.75) is 37.4 Å². The fourth-order valence-corrected chi connectivity index (χ4v) is 5.28. The third kappa shape index (κ3) is 6.97. The second-order valence-corrected chi connectivity index (χ2v) is 8.27. The van der Waals surface area contributed by atoms with Gasteiger partial charge in [-0.05, 0) is 31.4 Å². The summed E-state index contributed by atoms with van der Waals surface area (Å²) in [7, 11) is 3.85. The number of hydrogen-bond donors (Lipinski definition) is 1. The number of amides is 2. The van der Waals surface area contributed by atoms with Crippen LogP contribution in [-0.2, 0) is 14.3 Å². The summed E-state index contributed by atoms with van der Waals surface area (Å²) in [6.45, 7) is -0.424. The first-order chi connectivity index (χ1) is 11.6. The molecule has 7 heteroatoms. The van der Waals surface area contributed by atoms with E-state index in [2.05, 4.69) is 5.32 Å². The highest BCUT2D eigenvalue weighted by atomic mass is 33.1. The Morgan fingerprint density at radius 1 is 1.17 bits per heavy atom. The average Bonchev–Trinajstić information content (AvgIpc) is 3.11. The van der Waals surface area contributed by atoms with Gasteiger partial charge in [0, 0.05) is 23.0 Å². The summed E-state index contributed by atoms with van der Waals surface area (Å²) in [4.78, 5) is 35.0. The monoisotopic (exact) mass is 367 g/mol. The van der Waals surface area contributed by atoms with Gasteiger partial charge >= 0.3 is 5.97 Å². The normalized spacial score (nSPS) is 16.6. The Morgan fingerprint density at radius 3 is 2.67 bits per heavy atom. The Bertz CT molecular complexity index is 559. The second-order valence-electron chi connectivity index (χ2n) is 5.48. The fraction of sp³-hybridized carbons (Fsp3) is 0.471. The van der Waals surface area contributed by atoms with Crippen LogP contribution in [0.5, 0.6) is 0 Å². The number of ether oxygens (including phenoxy) is 1. The number of rotatable bonds is 8. The molecule has 1 heterocycles. The van der Waals surface area contributed by atoms with Gasteiger partial charge < -0.3 is 4.74 Å². The third-order valence-electron chi connectivity index (χ3n) is 3.54. The predicted molar refractivity (Wildman–Crippen MR) is 96.8 cm³/mol. The van der Waals surface area contributed by atoms with Crippen molar-refractivity contribution in [2.75, 3.05) is 12.4 Å². The van der Waals surface area contributed by atoms with Crippen molar-refractivity contribution in [3.8, 4) is 0 Å². The van der Waals surface area contributed by atoms with Crippen molar-refractivity contribution < 1.29 is 19.1 Å². The van der Waals surface area contributed by atoms with Gasteiger partial charge in [-0.25, -0.2) is 0 Å². The molecule has 1 aromatic rings. The van der Waals surface area contributed by atoms with E-state index in [0.717, 1.165) is 19.3 Å². The molecular formula is C17H21NO4S2. The van der Waals surface area contributed by atoms with Gasteiger partial charge in [0.25, 0.3) is 11.8 Å². The lowest BCUT2D eigenvalue weighted by Gasteiger charge is -2.07. The van der Waals surface area contributed by atoms with Gasteiger partial charge in [0.15, 0.2) is 6.61 Å². The zero-order valence-electron chi connectivity index (χ0n) is 13.4. The Morgan fingerprint density at radius 2 is 1.96 bits per heavy atom. The largest absolute Gasteiger partial charge is 0.456 e. The lowest BCUT2D eigenvalue weighted by molar-refractivity contribution is -0.148. The minimum atomic E-state index is -0.614. The quantitative estimate of drug-likeness (QED) is 0.432. The summed E-state index contributed by atoms with van der Waals surface area (Å²) in [6, 6.07) is 8.42. The zero-order chi connectivity index (χ0) is 17.2. The van der Waals surface area contributed by atoms with E-state index in [1.54, 1.807) is 30.3 Å².